The van der Waals surface area contributed by atoms with E-state index in [9.17, 15) is 0 Å². The first-order chi connectivity index (χ1) is 1.91. The molecule has 1 radical (unpaired) electrons. The average Bonchev–Trinajstić information content (AvgIpc) is 1.37. The SMILES string of the molecule is C[B]CS. The van der Waals surface area contributed by atoms with Gasteiger partial charge in [0.2, 0.25) is 0 Å². The molecule has 0 aromatic rings. The van der Waals surface area contributed by atoms with Crippen LogP contribution in [0.4, 0.5) is 0 Å². The van der Waals surface area contributed by atoms with Crippen LogP contribution in [0, 0.1) is 0 Å². The highest BCUT2D eigenvalue weighted by atomic mass is 32.1. The van der Waals surface area contributed by atoms with Crippen LogP contribution in [-0.4, -0.2) is 12.9 Å². The largest absolute Gasteiger partial charge is 0.188 e. The van der Waals surface area contributed by atoms with E-state index >= 15 is 0 Å². The fourth-order valence-electron chi connectivity index (χ4n) is 0. The van der Waals surface area contributed by atoms with E-state index in [-0.39, 0.29) is 0 Å². The second-order valence-electron chi connectivity index (χ2n) is 0.591. The van der Waals surface area contributed by atoms with Gasteiger partial charge >= 0.3 is 0 Å². The minimum atomic E-state index is 0.889. The van der Waals surface area contributed by atoms with Crippen LogP contribution in [0.1, 0.15) is 0 Å². The summed E-state index contributed by atoms with van der Waals surface area (Å²) in [5.41, 5.74) is 0.889. The molecule has 0 amide bonds. The molecule has 0 saturated carbocycles. The van der Waals surface area contributed by atoms with E-state index in [0.29, 0.717) is 0 Å². The van der Waals surface area contributed by atoms with Crippen molar-refractivity contribution in [2.75, 3.05) is 5.65 Å². The monoisotopic (exact) mass is 73.0 g/mol. The van der Waals surface area contributed by atoms with Crippen molar-refractivity contribution in [3.8, 4) is 0 Å². The van der Waals surface area contributed by atoms with Crippen LogP contribution in [0.3, 0.4) is 0 Å². The lowest BCUT2D eigenvalue weighted by atomic mass is 9.87. The molecule has 0 aliphatic rings. The molecule has 0 fully saturated rings. The first-order valence-electron chi connectivity index (χ1n) is 1.30. The van der Waals surface area contributed by atoms with Gasteiger partial charge in [-0.25, -0.2) is 0 Å². The molecule has 0 aliphatic carbocycles. The molecule has 0 aromatic carbocycles. The molecule has 0 aliphatic heterocycles. The first-order valence-corrected chi connectivity index (χ1v) is 1.93. The van der Waals surface area contributed by atoms with E-state index in [2.05, 4.69) is 12.6 Å². The third-order valence-electron chi connectivity index (χ3n) is 0.183. The van der Waals surface area contributed by atoms with Crippen LogP contribution in [0.2, 0.25) is 6.82 Å². The van der Waals surface area contributed by atoms with Gasteiger partial charge in [0.25, 0.3) is 0 Å². The molecule has 2 heteroatoms. The third kappa shape index (κ3) is 2.41. The molecule has 0 aromatic heterocycles. The Bertz CT molecular complexity index is 8.00. The van der Waals surface area contributed by atoms with Gasteiger partial charge in [0.15, 0.2) is 0 Å². The molecular formula is C2H6BS. The fourth-order valence-corrected chi connectivity index (χ4v) is 0. The van der Waals surface area contributed by atoms with E-state index in [0.717, 1.165) is 5.65 Å². The summed E-state index contributed by atoms with van der Waals surface area (Å²) in [4.78, 5) is 0. The Morgan fingerprint density at radius 1 is 2.00 bits per heavy atom. The topological polar surface area (TPSA) is 0 Å². The summed E-state index contributed by atoms with van der Waals surface area (Å²) in [6, 6.07) is 0. The lowest BCUT2D eigenvalue weighted by Crippen LogP contribution is -1.76. The maximum absolute atomic E-state index is 3.86. The molecule has 0 N–H and O–H groups in total. The molecule has 23 valence electrons. The van der Waals surface area contributed by atoms with Crippen LogP contribution in [-0.2, 0) is 0 Å². The Kier molecular flexibility index (Phi) is 3.77. The van der Waals surface area contributed by atoms with Crippen molar-refractivity contribution in [3.63, 3.8) is 0 Å². The zero-order valence-electron chi connectivity index (χ0n) is 2.73. The summed E-state index contributed by atoms with van der Waals surface area (Å²) in [6.45, 7) is 1.98. The summed E-state index contributed by atoms with van der Waals surface area (Å²) in [7, 11) is 1.99. The van der Waals surface area contributed by atoms with Gasteiger partial charge in [0, 0.05) is 0 Å². The van der Waals surface area contributed by atoms with Crippen molar-refractivity contribution in [3.05, 3.63) is 0 Å². The van der Waals surface area contributed by atoms with Crippen LogP contribution in [0.25, 0.3) is 0 Å². The van der Waals surface area contributed by atoms with Crippen molar-refractivity contribution >= 4 is 19.9 Å². The summed E-state index contributed by atoms with van der Waals surface area (Å²) >= 11 is 3.86. The van der Waals surface area contributed by atoms with E-state index in [1.807, 2.05) is 14.1 Å². The number of thiol groups is 1. The van der Waals surface area contributed by atoms with Gasteiger partial charge in [-0.3, -0.25) is 0 Å². The minimum absolute atomic E-state index is 0.889. The standard InChI is InChI=1S/C2H6BS/c1-3-2-4/h4H,2H2,1H3. The Labute approximate surface area is 33.2 Å². The number of hydrogen-bond donors (Lipinski definition) is 1. The fraction of sp³-hybridized carbons (Fsp3) is 1.00. The smallest absolute Gasteiger partial charge is 0.119 e. The van der Waals surface area contributed by atoms with E-state index < -0.39 is 0 Å². The third-order valence-corrected chi connectivity index (χ3v) is 0.548. The lowest BCUT2D eigenvalue weighted by molar-refractivity contribution is 2.08. The predicted octanol–water partition coefficient (Wildman–Crippen LogP) is 0.626. The van der Waals surface area contributed by atoms with Crippen LogP contribution in [0.5, 0.6) is 0 Å². The van der Waals surface area contributed by atoms with Gasteiger partial charge in [0.1, 0.15) is 7.28 Å². The second-order valence-corrected chi connectivity index (χ2v) is 0.956. The maximum atomic E-state index is 3.86. The summed E-state index contributed by atoms with van der Waals surface area (Å²) in [6.07, 6.45) is 0. The zero-order chi connectivity index (χ0) is 3.41. The number of hydrogen-bond acceptors (Lipinski definition) is 1. The van der Waals surface area contributed by atoms with Crippen molar-refractivity contribution < 1.29 is 0 Å². The molecule has 0 unspecified atom stereocenters. The van der Waals surface area contributed by atoms with Gasteiger partial charge in [-0.05, 0) is 5.65 Å². The van der Waals surface area contributed by atoms with Crippen LogP contribution < -0.4 is 0 Å². The Morgan fingerprint density at radius 2 is 2.25 bits per heavy atom. The second kappa shape index (κ2) is 3.41. The normalized spacial score (nSPS) is 6.50. The lowest BCUT2D eigenvalue weighted by Gasteiger charge is -1.63. The minimum Gasteiger partial charge on any atom is -0.188 e. The molecule has 0 nitrogen and oxygen atoms in total. The van der Waals surface area contributed by atoms with Crippen molar-refractivity contribution in [1.29, 1.82) is 0 Å². The quantitative estimate of drug-likeness (QED) is 0.341. The molecular weight excluding hydrogens is 66.9 g/mol. The maximum Gasteiger partial charge on any atom is 0.119 e. The summed E-state index contributed by atoms with van der Waals surface area (Å²) < 4.78 is 0. The highest BCUT2D eigenvalue weighted by Gasteiger charge is 1.62. The molecule has 0 rings (SSSR count). The van der Waals surface area contributed by atoms with Gasteiger partial charge in [0.05, 0.1) is 0 Å². The highest BCUT2D eigenvalue weighted by Crippen LogP contribution is 1.61. The Morgan fingerprint density at radius 3 is 2.25 bits per heavy atom. The van der Waals surface area contributed by atoms with Crippen LogP contribution >= 0.6 is 12.6 Å². The molecule has 0 heterocycles. The van der Waals surface area contributed by atoms with Crippen molar-refractivity contribution in [2.45, 2.75) is 6.82 Å². The molecule has 4 heavy (non-hydrogen) atoms. The molecule has 0 bridgehead atoms. The van der Waals surface area contributed by atoms with Crippen molar-refractivity contribution in [1.82, 2.24) is 0 Å². The van der Waals surface area contributed by atoms with Crippen molar-refractivity contribution in [2.24, 2.45) is 0 Å². The highest BCUT2D eigenvalue weighted by molar-refractivity contribution is 7.81. The van der Waals surface area contributed by atoms with Gasteiger partial charge in [-0.1, -0.05) is 6.82 Å². The van der Waals surface area contributed by atoms with Gasteiger partial charge < -0.3 is 0 Å². The van der Waals surface area contributed by atoms with E-state index in [1.165, 1.54) is 0 Å². The molecule has 0 spiro atoms. The molecule has 0 atom stereocenters. The predicted molar refractivity (Wildman–Crippen MR) is 25.5 cm³/mol. The van der Waals surface area contributed by atoms with E-state index in [4.69, 9.17) is 0 Å². The van der Waals surface area contributed by atoms with Crippen LogP contribution in [0.15, 0.2) is 0 Å². The number of rotatable bonds is 1. The zero-order valence-corrected chi connectivity index (χ0v) is 3.63. The molecule has 0 saturated heterocycles. The first kappa shape index (κ1) is 4.41. The Balaban J connectivity index is 1.97. The Hall–Kier alpha value is 0.415. The van der Waals surface area contributed by atoms with Gasteiger partial charge in [-0.15, -0.1) is 0 Å². The van der Waals surface area contributed by atoms with Gasteiger partial charge in [-0.2, -0.15) is 12.6 Å². The van der Waals surface area contributed by atoms with E-state index in [1.54, 1.807) is 0 Å². The summed E-state index contributed by atoms with van der Waals surface area (Å²) in [5, 5.41) is 0. The average molecular weight is 72.9 g/mol. The summed E-state index contributed by atoms with van der Waals surface area (Å²) in [5.74, 6) is 0.